The molecule has 0 saturated heterocycles. The van der Waals surface area contributed by atoms with Crippen molar-refractivity contribution in [2.45, 2.75) is 13.0 Å². The topological polar surface area (TPSA) is 95.2 Å². The van der Waals surface area contributed by atoms with Crippen LogP contribution in [0.1, 0.15) is 21.6 Å². The maximum absolute atomic E-state index is 13.1. The fourth-order valence-corrected chi connectivity index (χ4v) is 4.89. The molecule has 0 bridgehead atoms. The lowest BCUT2D eigenvalue weighted by Gasteiger charge is -2.29. The number of carbonyl (C=O) groups is 1. The predicted molar refractivity (Wildman–Crippen MR) is 128 cm³/mol. The van der Waals surface area contributed by atoms with Gasteiger partial charge in [-0.1, -0.05) is 35.3 Å². The zero-order valence-electron chi connectivity index (χ0n) is 17.3. The van der Waals surface area contributed by atoms with Crippen LogP contribution in [0.15, 0.2) is 42.6 Å². The number of hydrogen-bond donors (Lipinski definition) is 3. The average molecular weight is 481 g/mol. The summed E-state index contributed by atoms with van der Waals surface area (Å²) in [6, 6.07) is 11.2. The molecular formula is C23H18Cl2N6O2. The zero-order chi connectivity index (χ0) is 22.5. The minimum Gasteiger partial charge on any atom is -0.455 e. The van der Waals surface area contributed by atoms with E-state index in [0.717, 1.165) is 30.7 Å². The Balaban J connectivity index is 1.27. The van der Waals surface area contributed by atoms with Crippen LogP contribution in [-0.2, 0) is 13.0 Å². The van der Waals surface area contributed by atoms with Gasteiger partial charge in [0.15, 0.2) is 6.73 Å². The minimum absolute atomic E-state index is 0.0558. The van der Waals surface area contributed by atoms with E-state index in [-0.39, 0.29) is 24.1 Å². The Hall–Kier alpha value is -3.33. The summed E-state index contributed by atoms with van der Waals surface area (Å²) >= 11 is 12.5. The standard InChI is InChI=1S/C23H18Cl2N6O2/c24-16-2-1-3-17(25)20(16)31-11-33-21-15(22(31)32)10-27-23(30-21)28-12-4-5-13-14-9-26-7-6-18(14)29-19(13)8-12/h1-5,8,10,26,29H,6-7,9,11H2,(H,27,28,30). The van der Waals surface area contributed by atoms with Crippen molar-refractivity contribution < 1.29 is 9.53 Å². The summed E-state index contributed by atoms with van der Waals surface area (Å²) in [5.74, 6) is 0.215. The lowest BCUT2D eigenvalue weighted by molar-refractivity contribution is 0.0932. The minimum atomic E-state index is -0.329. The van der Waals surface area contributed by atoms with Crippen molar-refractivity contribution >= 4 is 57.3 Å². The Morgan fingerprint density at radius 3 is 2.85 bits per heavy atom. The molecule has 8 nitrogen and oxygen atoms in total. The van der Waals surface area contributed by atoms with Crippen LogP contribution in [0.2, 0.25) is 10.0 Å². The summed E-state index contributed by atoms with van der Waals surface area (Å²) in [5, 5.41) is 8.54. The highest BCUT2D eigenvalue weighted by molar-refractivity contribution is 6.40. The Morgan fingerprint density at radius 2 is 2.00 bits per heavy atom. The van der Waals surface area contributed by atoms with Crippen molar-refractivity contribution in [1.82, 2.24) is 20.3 Å². The second kappa shape index (κ2) is 7.91. The summed E-state index contributed by atoms with van der Waals surface area (Å²) in [6.45, 7) is 1.80. The van der Waals surface area contributed by atoms with Crippen LogP contribution in [-0.4, -0.2) is 34.1 Å². The number of H-pyrrole nitrogens is 1. The number of halogens is 2. The summed E-state index contributed by atoms with van der Waals surface area (Å²) in [5.41, 5.74) is 5.13. The molecule has 2 aromatic heterocycles. The highest BCUT2D eigenvalue weighted by Gasteiger charge is 2.31. The number of amides is 1. The van der Waals surface area contributed by atoms with Crippen LogP contribution in [0, 0.1) is 0 Å². The van der Waals surface area contributed by atoms with Gasteiger partial charge < -0.3 is 20.4 Å². The Morgan fingerprint density at radius 1 is 1.15 bits per heavy atom. The van der Waals surface area contributed by atoms with E-state index in [4.69, 9.17) is 27.9 Å². The number of ether oxygens (including phenoxy) is 1. The molecule has 0 fully saturated rings. The van der Waals surface area contributed by atoms with Crippen molar-refractivity contribution in [2.75, 3.05) is 23.5 Å². The lowest BCUT2D eigenvalue weighted by Crippen LogP contribution is -2.39. The fourth-order valence-electron chi connectivity index (χ4n) is 4.29. The number of nitrogens with one attached hydrogen (secondary N) is 3. The molecule has 0 unspecified atom stereocenters. The molecule has 0 saturated carbocycles. The highest BCUT2D eigenvalue weighted by Crippen LogP contribution is 2.37. The van der Waals surface area contributed by atoms with Gasteiger partial charge in [0.1, 0.15) is 5.56 Å². The Bertz CT molecular complexity index is 1400. The van der Waals surface area contributed by atoms with E-state index < -0.39 is 0 Å². The van der Waals surface area contributed by atoms with Gasteiger partial charge in [-0.3, -0.25) is 9.69 Å². The molecule has 0 radical (unpaired) electrons. The number of hydrogen-bond acceptors (Lipinski definition) is 6. The van der Waals surface area contributed by atoms with Gasteiger partial charge in [-0.15, -0.1) is 0 Å². The number of rotatable bonds is 3. The maximum Gasteiger partial charge on any atom is 0.268 e. The van der Waals surface area contributed by atoms with E-state index >= 15 is 0 Å². The fraction of sp³-hybridized carbons (Fsp3) is 0.174. The van der Waals surface area contributed by atoms with E-state index in [1.54, 1.807) is 18.2 Å². The number of aromatic amines is 1. The summed E-state index contributed by atoms with van der Waals surface area (Å²) in [7, 11) is 0. The van der Waals surface area contributed by atoms with Crippen molar-refractivity contribution in [3.05, 3.63) is 69.5 Å². The Kier molecular flexibility index (Phi) is 4.86. The normalized spacial score (nSPS) is 15.2. The van der Waals surface area contributed by atoms with Crippen LogP contribution >= 0.6 is 23.2 Å². The van der Waals surface area contributed by atoms with Gasteiger partial charge in [0, 0.05) is 48.0 Å². The van der Waals surface area contributed by atoms with Gasteiger partial charge in [-0.25, -0.2) is 4.98 Å². The molecule has 2 aliphatic heterocycles. The molecule has 1 amide bonds. The monoisotopic (exact) mass is 480 g/mol. The molecule has 2 aromatic carbocycles. The van der Waals surface area contributed by atoms with Crippen molar-refractivity contribution in [2.24, 2.45) is 0 Å². The average Bonchev–Trinajstić information content (AvgIpc) is 3.18. The number of fused-ring (bicyclic) bond motifs is 4. The molecule has 166 valence electrons. The predicted octanol–water partition coefficient (Wildman–Crippen LogP) is 4.65. The third-order valence-corrected chi connectivity index (χ3v) is 6.48. The molecule has 33 heavy (non-hydrogen) atoms. The molecule has 2 aliphatic rings. The quantitative estimate of drug-likeness (QED) is 0.395. The number of nitrogens with zero attached hydrogens (tertiary/aromatic N) is 3. The van der Waals surface area contributed by atoms with Crippen molar-refractivity contribution in [3.63, 3.8) is 0 Å². The molecular weight excluding hydrogens is 463 g/mol. The van der Waals surface area contributed by atoms with E-state index in [2.05, 4.69) is 31.7 Å². The molecule has 10 heteroatoms. The van der Waals surface area contributed by atoms with Gasteiger partial charge in [0.05, 0.1) is 15.7 Å². The first-order valence-corrected chi connectivity index (χ1v) is 11.2. The van der Waals surface area contributed by atoms with E-state index in [9.17, 15) is 4.79 Å². The second-order valence-corrected chi connectivity index (χ2v) is 8.70. The van der Waals surface area contributed by atoms with Crippen LogP contribution in [0.25, 0.3) is 10.9 Å². The highest BCUT2D eigenvalue weighted by atomic mass is 35.5. The number of aromatic nitrogens is 3. The molecule has 6 rings (SSSR count). The zero-order valence-corrected chi connectivity index (χ0v) is 18.8. The van der Waals surface area contributed by atoms with Gasteiger partial charge >= 0.3 is 0 Å². The third kappa shape index (κ3) is 3.47. The number of para-hydroxylation sites is 1. The first-order valence-electron chi connectivity index (χ1n) is 10.5. The molecule has 0 atom stereocenters. The summed E-state index contributed by atoms with van der Waals surface area (Å²) in [4.78, 5) is 26.7. The molecule has 4 heterocycles. The van der Waals surface area contributed by atoms with Crippen molar-refractivity contribution in [3.8, 4) is 5.88 Å². The Labute approximate surface area is 198 Å². The summed E-state index contributed by atoms with van der Waals surface area (Å²) < 4.78 is 5.76. The second-order valence-electron chi connectivity index (χ2n) is 7.88. The van der Waals surface area contributed by atoms with Gasteiger partial charge in [0.25, 0.3) is 5.91 Å². The summed E-state index contributed by atoms with van der Waals surface area (Å²) in [6.07, 6.45) is 2.43. The smallest absolute Gasteiger partial charge is 0.268 e. The largest absolute Gasteiger partial charge is 0.455 e. The molecule has 4 aromatic rings. The van der Waals surface area contributed by atoms with Gasteiger partial charge in [-0.05, 0) is 29.8 Å². The SMILES string of the molecule is O=C1c2cnc(Nc3ccc4c5c([nH]c4c3)CCNC5)nc2OCN1c1c(Cl)cccc1Cl. The number of carbonyl (C=O) groups excluding carboxylic acids is 1. The number of benzene rings is 2. The third-order valence-electron chi connectivity index (χ3n) is 5.87. The van der Waals surface area contributed by atoms with E-state index in [1.165, 1.54) is 27.7 Å². The first-order chi connectivity index (χ1) is 16.1. The number of anilines is 3. The van der Waals surface area contributed by atoms with Crippen LogP contribution in [0.4, 0.5) is 17.3 Å². The van der Waals surface area contributed by atoms with E-state index in [0.29, 0.717) is 21.7 Å². The van der Waals surface area contributed by atoms with Crippen LogP contribution in [0.5, 0.6) is 5.88 Å². The van der Waals surface area contributed by atoms with Crippen molar-refractivity contribution in [1.29, 1.82) is 0 Å². The first kappa shape index (κ1) is 20.3. The maximum atomic E-state index is 13.1. The van der Waals surface area contributed by atoms with E-state index in [1.807, 2.05) is 12.1 Å². The van der Waals surface area contributed by atoms with Gasteiger partial charge in [-0.2, -0.15) is 4.98 Å². The van der Waals surface area contributed by atoms with Crippen LogP contribution in [0.3, 0.4) is 0 Å². The van der Waals surface area contributed by atoms with Gasteiger partial charge in [0.2, 0.25) is 11.8 Å². The molecule has 3 N–H and O–H groups in total. The molecule has 0 spiro atoms. The lowest BCUT2D eigenvalue weighted by atomic mass is 10.1. The molecule has 0 aliphatic carbocycles. The van der Waals surface area contributed by atoms with Crippen LogP contribution < -0.4 is 20.3 Å².